The van der Waals surface area contributed by atoms with E-state index in [1.165, 1.54) is 18.2 Å². The summed E-state index contributed by atoms with van der Waals surface area (Å²) in [6.07, 6.45) is -2.62. The molecule has 1 aliphatic rings. The Morgan fingerprint density at radius 1 is 1.35 bits per heavy atom. The lowest BCUT2D eigenvalue weighted by Gasteiger charge is -2.14. The second-order valence-electron chi connectivity index (χ2n) is 4.10. The Balaban J connectivity index is 2.16. The number of benzene rings is 1. The third-order valence-electron chi connectivity index (χ3n) is 2.70. The molecule has 2 nitrogen and oxygen atoms in total. The van der Waals surface area contributed by atoms with E-state index in [9.17, 15) is 13.2 Å². The van der Waals surface area contributed by atoms with Crippen LogP contribution in [-0.4, -0.2) is 6.36 Å². The summed E-state index contributed by atoms with van der Waals surface area (Å²) in [5, 5.41) is -0.0732. The molecule has 1 atom stereocenters. The Hall–Kier alpha value is -0.940. The van der Waals surface area contributed by atoms with E-state index in [-0.39, 0.29) is 11.1 Å². The van der Waals surface area contributed by atoms with E-state index in [1.54, 1.807) is 0 Å². The Bertz CT molecular complexity index is 418. The molecule has 1 fully saturated rings. The average Bonchev–Trinajstić information content (AvgIpc) is 3.01. The monoisotopic (exact) mass is 265 g/mol. The highest BCUT2D eigenvalue weighted by atomic mass is 35.5. The first kappa shape index (κ1) is 12.5. The SMILES string of the molecule is N[C@@H](c1ccc(OC(F)(F)F)c(Cl)c1)C1CC1. The van der Waals surface area contributed by atoms with Gasteiger partial charge in [-0.1, -0.05) is 17.7 Å². The molecule has 0 aromatic heterocycles. The zero-order chi connectivity index (χ0) is 12.6. The van der Waals surface area contributed by atoms with Crippen LogP contribution in [0.1, 0.15) is 24.4 Å². The van der Waals surface area contributed by atoms with Crippen molar-refractivity contribution in [3.63, 3.8) is 0 Å². The van der Waals surface area contributed by atoms with E-state index >= 15 is 0 Å². The van der Waals surface area contributed by atoms with Gasteiger partial charge in [0.15, 0.2) is 0 Å². The van der Waals surface area contributed by atoms with Gasteiger partial charge in [-0.2, -0.15) is 0 Å². The van der Waals surface area contributed by atoms with Gasteiger partial charge in [0.25, 0.3) is 0 Å². The van der Waals surface area contributed by atoms with Crippen molar-refractivity contribution in [3.8, 4) is 5.75 Å². The van der Waals surface area contributed by atoms with Gasteiger partial charge in [0, 0.05) is 6.04 Å². The molecule has 17 heavy (non-hydrogen) atoms. The fourth-order valence-electron chi connectivity index (χ4n) is 1.66. The van der Waals surface area contributed by atoms with E-state index in [2.05, 4.69) is 4.74 Å². The van der Waals surface area contributed by atoms with E-state index in [0.717, 1.165) is 18.4 Å². The lowest BCUT2D eigenvalue weighted by molar-refractivity contribution is -0.274. The molecule has 0 unspecified atom stereocenters. The van der Waals surface area contributed by atoms with Crippen molar-refractivity contribution in [1.29, 1.82) is 0 Å². The van der Waals surface area contributed by atoms with Crippen LogP contribution in [0.3, 0.4) is 0 Å². The summed E-state index contributed by atoms with van der Waals surface area (Å²) in [5.41, 5.74) is 6.67. The molecule has 0 saturated heterocycles. The van der Waals surface area contributed by atoms with Crippen LogP contribution in [0.2, 0.25) is 5.02 Å². The minimum absolute atomic E-state index is 0.0732. The van der Waals surface area contributed by atoms with Crippen LogP contribution in [0, 0.1) is 5.92 Å². The largest absolute Gasteiger partial charge is 0.573 e. The maximum absolute atomic E-state index is 12.0. The minimum Gasteiger partial charge on any atom is -0.404 e. The van der Waals surface area contributed by atoms with Gasteiger partial charge in [-0.15, -0.1) is 13.2 Å². The molecule has 94 valence electrons. The first-order valence-electron chi connectivity index (χ1n) is 5.17. The zero-order valence-electron chi connectivity index (χ0n) is 8.80. The van der Waals surface area contributed by atoms with Crippen molar-refractivity contribution in [3.05, 3.63) is 28.8 Å². The summed E-state index contributed by atoms with van der Waals surface area (Å²) in [6.45, 7) is 0. The summed E-state index contributed by atoms with van der Waals surface area (Å²) < 4.78 is 39.8. The second-order valence-corrected chi connectivity index (χ2v) is 4.51. The maximum atomic E-state index is 12.0. The van der Waals surface area contributed by atoms with Gasteiger partial charge >= 0.3 is 6.36 Å². The molecule has 0 amide bonds. The third kappa shape index (κ3) is 3.26. The molecule has 1 aromatic carbocycles. The summed E-state index contributed by atoms with van der Waals surface area (Å²) in [7, 11) is 0. The Labute approximate surface area is 102 Å². The van der Waals surface area contributed by atoms with E-state index in [1.807, 2.05) is 0 Å². The first-order valence-corrected chi connectivity index (χ1v) is 5.55. The number of rotatable bonds is 3. The van der Waals surface area contributed by atoms with Gasteiger partial charge in [0.05, 0.1) is 5.02 Å². The van der Waals surface area contributed by atoms with Crippen molar-refractivity contribution in [1.82, 2.24) is 0 Å². The highest BCUT2D eigenvalue weighted by molar-refractivity contribution is 6.32. The normalized spacial score (nSPS) is 17.9. The quantitative estimate of drug-likeness (QED) is 0.905. The summed E-state index contributed by atoms with van der Waals surface area (Å²) in [5.74, 6) is 0.0198. The zero-order valence-corrected chi connectivity index (χ0v) is 9.55. The van der Waals surface area contributed by atoms with E-state index in [4.69, 9.17) is 17.3 Å². The molecule has 0 aliphatic heterocycles. The average molecular weight is 266 g/mol. The molecule has 0 bridgehead atoms. The lowest BCUT2D eigenvalue weighted by Crippen LogP contribution is -2.18. The van der Waals surface area contributed by atoms with Crippen molar-refractivity contribution < 1.29 is 17.9 Å². The van der Waals surface area contributed by atoms with Crippen LogP contribution >= 0.6 is 11.6 Å². The molecule has 0 spiro atoms. The highest BCUT2D eigenvalue weighted by Gasteiger charge is 2.33. The fraction of sp³-hybridized carbons (Fsp3) is 0.455. The Kier molecular flexibility index (Phi) is 3.23. The van der Waals surface area contributed by atoms with Crippen LogP contribution in [0.25, 0.3) is 0 Å². The molecule has 0 heterocycles. The molecule has 1 saturated carbocycles. The molecule has 1 aliphatic carbocycles. The number of alkyl halides is 3. The molecular formula is C11H11ClF3NO. The lowest BCUT2D eigenvalue weighted by atomic mass is 10.0. The topological polar surface area (TPSA) is 35.2 Å². The van der Waals surface area contributed by atoms with Gasteiger partial charge in [-0.3, -0.25) is 0 Å². The highest BCUT2D eigenvalue weighted by Crippen LogP contribution is 2.41. The molecule has 0 radical (unpaired) electrons. The fourth-order valence-corrected chi connectivity index (χ4v) is 1.89. The summed E-state index contributed by atoms with van der Waals surface area (Å²) in [6, 6.07) is 4.00. The van der Waals surface area contributed by atoms with Crippen molar-refractivity contribution in [2.24, 2.45) is 11.7 Å². The predicted molar refractivity (Wildman–Crippen MR) is 57.8 cm³/mol. The second kappa shape index (κ2) is 4.38. The molecule has 6 heteroatoms. The van der Waals surface area contributed by atoms with Gasteiger partial charge in [0.1, 0.15) is 5.75 Å². The van der Waals surface area contributed by atoms with Crippen molar-refractivity contribution >= 4 is 11.6 Å². The molecule has 2 N–H and O–H groups in total. The van der Waals surface area contributed by atoms with Crippen LogP contribution < -0.4 is 10.5 Å². The number of ether oxygens (including phenoxy) is 1. The number of hydrogen-bond acceptors (Lipinski definition) is 2. The predicted octanol–water partition coefficient (Wildman–Crippen LogP) is 3.65. The van der Waals surface area contributed by atoms with Gasteiger partial charge in [-0.05, 0) is 36.5 Å². The van der Waals surface area contributed by atoms with E-state index in [0.29, 0.717) is 5.92 Å². The third-order valence-corrected chi connectivity index (χ3v) is 2.99. The smallest absolute Gasteiger partial charge is 0.404 e. The Morgan fingerprint density at radius 3 is 2.47 bits per heavy atom. The molecular weight excluding hydrogens is 255 g/mol. The van der Waals surface area contributed by atoms with Crippen LogP contribution in [0.15, 0.2) is 18.2 Å². The molecule has 1 aromatic rings. The maximum Gasteiger partial charge on any atom is 0.573 e. The van der Waals surface area contributed by atoms with Crippen LogP contribution in [0.4, 0.5) is 13.2 Å². The molecule has 2 rings (SSSR count). The van der Waals surface area contributed by atoms with Gasteiger partial charge < -0.3 is 10.5 Å². The number of hydrogen-bond donors (Lipinski definition) is 1. The first-order chi connectivity index (χ1) is 7.87. The standard InChI is InChI=1S/C11H11ClF3NO/c12-8-5-7(10(16)6-1-2-6)3-4-9(8)17-11(13,14)15/h3-6,10H,1-2,16H2/t10-/m1/s1. The van der Waals surface area contributed by atoms with Gasteiger partial charge in [0.2, 0.25) is 0 Å². The van der Waals surface area contributed by atoms with Crippen molar-refractivity contribution in [2.45, 2.75) is 25.2 Å². The van der Waals surface area contributed by atoms with E-state index < -0.39 is 12.1 Å². The summed E-state index contributed by atoms with van der Waals surface area (Å²) >= 11 is 5.72. The van der Waals surface area contributed by atoms with Crippen LogP contribution in [0.5, 0.6) is 5.75 Å². The minimum atomic E-state index is -4.73. The van der Waals surface area contributed by atoms with Gasteiger partial charge in [-0.25, -0.2) is 0 Å². The number of nitrogens with two attached hydrogens (primary N) is 1. The Morgan fingerprint density at radius 2 is 2.00 bits per heavy atom. The summed E-state index contributed by atoms with van der Waals surface area (Å²) in [4.78, 5) is 0. The van der Waals surface area contributed by atoms with Crippen LogP contribution in [-0.2, 0) is 0 Å². The van der Waals surface area contributed by atoms with Crippen molar-refractivity contribution in [2.75, 3.05) is 0 Å². The number of halogens is 4.